The number of primary sulfonamides is 1. The molecule has 104 valence electrons. The summed E-state index contributed by atoms with van der Waals surface area (Å²) in [6, 6.07) is 8.96. The molecule has 0 aliphatic rings. The summed E-state index contributed by atoms with van der Waals surface area (Å²) in [5, 5.41) is 20.7. The standard InChI is InChI=1S/C12H10ClN3O3S/c13-10-5-4-9(8-11(10)20(14,18)19)12(17)15-16-6-2-1-3-7-16/h1-8H,(H2-,14,15,17,18,19). The van der Waals surface area contributed by atoms with Crippen LogP contribution in [0.15, 0.2) is 58.8 Å². The van der Waals surface area contributed by atoms with Crippen molar-refractivity contribution in [2.75, 3.05) is 0 Å². The maximum absolute atomic E-state index is 11.9. The third kappa shape index (κ3) is 3.32. The Morgan fingerprint density at radius 3 is 2.50 bits per heavy atom. The number of hydrogen-bond donors (Lipinski definition) is 1. The Balaban J connectivity index is 2.47. The van der Waals surface area contributed by atoms with Gasteiger partial charge in [-0.25, -0.2) is 13.6 Å². The van der Waals surface area contributed by atoms with E-state index < -0.39 is 15.9 Å². The molecule has 0 aliphatic heterocycles. The van der Waals surface area contributed by atoms with E-state index >= 15 is 0 Å². The van der Waals surface area contributed by atoms with Gasteiger partial charge in [-0.05, 0) is 22.8 Å². The maximum Gasteiger partial charge on any atom is 0.239 e. The Morgan fingerprint density at radius 2 is 1.90 bits per heavy atom. The van der Waals surface area contributed by atoms with Gasteiger partial charge in [-0.3, -0.25) is 0 Å². The summed E-state index contributed by atoms with van der Waals surface area (Å²) in [5.41, 5.74) is 0.0785. The fraction of sp³-hybridized carbons (Fsp3) is 0. The minimum Gasteiger partial charge on any atom is -0.854 e. The van der Waals surface area contributed by atoms with Crippen LogP contribution in [0, 0.1) is 0 Å². The smallest absolute Gasteiger partial charge is 0.239 e. The minimum atomic E-state index is -4.00. The summed E-state index contributed by atoms with van der Waals surface area (Å²) in [6.07, 6.45) is 3.16. The van der Waals surface area contributed by atoms with Crippen LogP contribution in [0.3, 0.4) is 0 Å². The average molecular weight is 312 g/mol. The fourth-order valence-electron chi connectivity index (χ4n) is 1.47. The molecular formula is C12H10ClN3O3S. The highest BCUT2D eigenvalue weighted by molar-refractivity contribution is 7.89. The zero-order valence-electron chi connectivity index (χ0n) is 10.1. The Bertz CT molecular complexity index is 761. The number of rotatable bonds is 3. The second-order valence-electron chi connectivity index (χ2n) is 3.85. The van der Waals surface area contributed by atoms with Gasteiger partial charge in [0.2, 0.25) is 22.4 Å². The lowest BCUT2D eigenvalue weighted by molar-refractivity contribution is -0.681. The molecule has 2 rings (SSSR count). The molecule has 0 unspecified atom stereocenters. The summed E-state index contributed by atoms with van der Waals surface area (Å²) in [7, 11) is -4.00. The van der Waals surface area contributed by atoms with Crippen molar-refractivity contribution in [3.05, 3.63) is 59.4 Å². The first-order valence-electron chi connectivity index (χ1n) is 5.43. The van der Waals surface area contributed by atoms with E-state index in [0.29, 0.717) is 0 Å². The third-order valence-corrected chi connectivity index (χ3v) is 3.78. The van der Waals surface area contributed by atoms with Gasteiger partial charge in [0.1, 0.15) is 4.90 Å². The lowest BCUT2D eigenvalue weighted by Crippen LogP contribution is -2.33. The highest BCUT2D eigenvalue weighted by atomic mass is 35.5. The van der Waals surface area contributed by atoms with Gasteiger partial charge in [0.25, 0.3) is 0 Å². The fourth-order valence-corrected chi connectivity index (χ4v) is 2.54. The summed E-state index contributed by atoms with van der Waals surface area (Å²) in [5.74, 6) is -0.609. The quantitative estimate of drug-likeness (QED) is 0.484. The summed E-state index contributed by atoms with van der Waals surface area (Å²) in [6.45, 7) is 0. The van der Waals surface area contributed by atoms with Gasteiger partial charge in [-0.2, -0.15) is 0 Å². The lowest BCUT2D eigenvalue weighted by Gasteiger charge is -2.09. The summed E-state index contributed by atoms with van der Waals surface area (Å²) >= 11 is 5.74. The van der Waals surface area contributed by atoms with Crippen molar-refractivity contribution in [3.8, 4) is 0 Å². The van der Waals surface area contributed by atoms with Crippen LogP contribution in [0.1, 0.15) is 5.56 Å². The van der Waals surface area contributed by atoms with E-state index in [2.05, 4.69) is 5.10 Å². The predicted octanol–water partition coefficient (Wildman–Crippen LogP) is -0.155. The molecule has 0 saturated carbocycles. The average Bonchev–Trinajstić information content (AvgIpc) is 2.39. The number of aromatic nitrogens is 1. The van der Waals surface area contributed by atoms with Crippen molar-refractivity contribution in [2.45, 2.75) is 4.90 Å². The van der Waals surface area contributed by atoms with Crippen molar-refractivity contribution in [2.24, 2.45) is 10.2 Å². The molecule has 0 radical (unpaired) electrons. The molecule has 1 aromatic carbocycles. The van der Waals surface area contributed by atoms with Crippen LogP contribution in [0.2, 0.25) is 5.02 Å². The van der Waals surface area contributed by atoms with Crippen LogP contribution in [0.4, 0.5) is 0 Å². The van der Waals surface area contributed by atoms with Crippen LogP contribution in [-0.4, -0.2) is 14.3 Å². The third-order valence-electron chi connectivity index (χ3n) is 2.39. The van der Waals surface area contributed by atoms with Crippen molar-refractivity contribution in [1.29, 1.82) is 0 Å². The Morgan fingerprint density at radius 1 is 1.25 bits per heavy atom. The van der Waals surface area contributed by atoms with Crippen molar-refractivity contribution in [3.63, 3.8) is 0 Å². The maximum atomic E-state index is 11.9. The number of sulfonamides is 1. The molecule has 0 amide bonds. The first kappa shape index (κ1) is 14.4. The van der Waals surface area contributed by atoms with Crippen LogP contribution in [0.5, 0.6) is 0 Å². The monoisotopic (exact) mass is 311 g/mol. The van der Waals surface area contributed by atoms with Gasteiger partial charge < -0.3 is 5.11 Å². The van der Waals surface area contributed by atoms with Crippen LogP contribution in [0.25, 0.3) is 0 Å². The van der Waals surface area contributed by atoms with Crippen molar-refractivity contribution >= 4 is 27.5 Å². The molecule has 0 atom stereocenters. The Hall–Kier alpha value is -1.96. The molecule has 0 saturated heterocycles. The molecular weight excluding hydrogens is 302 g/mol. The predicted molar refractivity (Wildman–Crippen MR) is 71.4 cm³/mol. The Kier molecular flexibility index (Phi) is 4.03. The zero-order valence-corrected chi connectivity index (χ0v) is 11.7. The Labute approximate surface area is 120 Å². The van der Waals surface area contributed by atoms with Crippen LogP contribution < -0.4 is 14.9 Å². The van der Waals surface area contributed by atoms with Gasteiger partial charge in [0, 0.05) is 12.1 Å². The molecule has 20 heavy (non-hydrogen) atoms. The molecule has 0 spiro atoms. The van der Waals surface area contributed by atoms with E-state index in [1.54, 1.807) is 30.6 Å². The number of pyridine rings is 1. The van der Waals surface area contributed by atoms with Crippen molar-refractivity contribution < 1.29 is 18.2 Å². The van der Waals surface area contributed by atoms with Gasteiger partial charge in [-0.1, -0.05) is 28.4 Å². The number of benzene rings is 1. The summed E-state index contributed by atoms with van der Waals surface area (Å²) in [4.78, 5) is -0.307. The van der Waals surface area contributed by atoms with Crippen molar-refractivity contribution in [1.82, 2.24) is 0 Å². The number of hydrogen-bond acceptors (Lipinski definition) is 4. The lowest BCUT2D eigenvalue weighted by atomic mass is 10.2. The number of halogens is 1. The molecule has 0 bridgehead atoms. The van der Waals surface area contributed by atoms with E-state index in [1.807, 2.05) is 0 Å². The second-order valence-corrected chi connectivity index (χ2v) is 5.79. The molecule has 0 aliphatic carbocycles. The zero-order chi connectivity index (χ0) is 14.8. The van der Waals surface area contributed by atoms with E-state index in [9.17, 15) is 13.5 Å². The van der Waals surface area contributed by atoms with Crippen LogP contribution >= 0.6 is 11.6 Å². The number of nitrogens with zero attached hydrogens (tertiary/aromatic N) is 2. The SMILES string of the molecule is NS(=O)(=O)c1cc(C([O-])=N[n+]2ccccc2)ccc1Cl. The topological polar surface area (TPSA) is 99.5 Å². The first-order chi connectivity index (χ1) is 9.38. The highest BCUT2D eigenvalue weighted by Gasteiger charge is 2.14. The van der Waals surface area contributed by atoms with Gasteiger partial charge in [0.15, 0.2) is 0 Å². The van der Waals surface area contributed by atoms with Gasteiger partial charge >= 0.3 is 0 Å². The first-order valence-corrected chi connectivity index (χ1v) is 7.35. The second kappa shape index (κ2) is 5.58. The normalized spacial score (nSPS) is 12.4. The van der Waals surface area contributed by atoms with E-state index in [1.165, 1.54) is 16.8 Å². The van der Waals surface area contributed by atoms with Gasteiger partial charge in [0.05, 0.1) is 10.9 Å². The molecule has 2 N–H and O–H groups in total. The minimum absolute atomic E-state index is 0.0450. The highest BCUT2D eigenvalue weighted by Crippen LogP contribution is 2.21. The largest absolute Gasteiger partial charge is 0.854 e. The molecule has 8 heteroatoms. The van der Waals surface area contributed by atoms with E-state index in [0.717, 1.165) is 6.07 Å². The van der Waals surface area contributed by atoms with E-state index in [4.69, 9.17) is 16.7 Å². The molecule has 1 heterocycles. The molecule has 0 fully saturated rings. The van der Waals surface area contributed by atoms with E-state index in [-0.39, 0.29) is 15.5 Å². The van der Waals surface area contributed by atoms with Gasteiger partial charge in [-0.15, -0.1) is 0 Å². The molecule has 6 nitrogen and oxygen atoms in total. The molecule has 2 aromatic rings. The summed E-state index contributed by atoms with van der Waals surface area (Å²) < 4.78 is 24.0. The number of nitrogens with two attached hydrogens (primary N) is 1. The van der Waals surface area contributed by atoms with Crippen LogP contribution in [-0.2, 0) is 10.0 Å². The molecule has 1 aromatic heterocycles.